The average molecular weight is 234 g/mol. The van der Waals surface area contributed by atoms with E-state index in [0.29, 0.717) is 6.42 Å². The first-order chi connectivity index (χ1) is 7.97. The minimum absolute atomic E-state index is 0.136. The molecule has 1 rings (SSSR count). The number of hydrogen-bond donors (Lipinski definition) is 1. The second kappa shape index (κ2) is 5.71. The molecule has 0 fully saturated rings. The summed E-state index contributed by atoms with van der Waals surface area (Å²) in [6.45, 7) is 9.22. The molecular formula is C14H22N2O. The van der Waals surface area contributed by atoms with E-state index in [1.54, 1.807) is 0 Å². The standard InChI is InChI=1S/C14H22N2O/c1-5-16(12(4)9-13(15)17)14-10(2)7-6-8-11(14)3/h6-8,12H,5,9H2,1-4H3,(H2,15,17). The highest BCUT2D eigenvalue weighted by Gasteiger charge is 2.17. The molecule has 1 unspecified atom stereocenters. The number of carbonyl (C=O) groups excluding carboxylic acids is 1. The SMILES string of the molecule is CCN(c1c(C)cccc1C)C(C)CC(N)=O. The first-order valence-electron chi connectivity index (χ1n) is 6.08. The molecular weight excluding hydrogens is 212 g/mol. The Morgan fingerprint density at radius 2 is 1.88 bits per heavy atom. The van der Waals surface area contributed by atoms with Gasteiger partial charge < -0.3 is 10.6 Å². The molecule has 0 aliphatic rings. The topological polar surface area (TPSA) is 46.3 Å². The fraction of sp³-hybridized carbons (Fsp3) is 0.500. The number of amides is 1. The second-order valence-corrected chi connectivity index (χ2v) is 4.55. The molecule has 0 aromatic heterocycles. The molecule has 0 heterocycles. The molecule has 94 valence electrons. The summed E-state index contributed by atoms with van der Waals surface area (Å²) in [7, 11) is 0. The van der Waals surface area contributed by atoms with Crippen molar-refractivity contribution in [1.82, 2.24) is 0 Å². The highest BCUT2D eigenvalue weighted by Crippen LogP contribution is 2.26. The number of nitrogens with two attached hydrogens (primary N) is 1. The lowest BCUT2D eigenvalue weighted by Gasteiger charge is -2.32. The first-order valence-corrected chi connectivity index (χ1v) is 6.08. The fourth-order valence-corrected chi connectivity index (χ4v) is 2.35. The van der Waals surface area contributed by atoms with Gasteiger partial charge in [-0.25, -0.2) is 0 Å². The largest absolute Gasteiger partial charge is 0.370 e. The zero-order chi connectivity index (χ0) is 13.0. The van der Waals surface area contributed by atoms with Gasteiger partial charge in [0.2, 0.25) is 5.91 Å². The van der Waals surface area contributed by atoms with E-state index < -0.39 is 0 Å². The van der Waals surface area contributed by atoms with Gasteiger partial charge in [0.05, 0.1) is 0 Å². The van der Waals surface area contributed by atoms with Crippen LogP contribution >= 0.6 is 0 Å². The molecule has 1 amide bonds. The van der Waals surface area contributed by atoms with Gasteiger partial charge in [-0.05, 0) is 38.8 Å². The number of nitrogens with zero attached hydrogens (tertiary/aromatic N) is 1. The molecule has 3 nitrogen and oxygen atoms in total. The summed E-state index contributed by atoms with van der Waals surface area (Å²) in [5.74, 6) is -0.248. The van der Waals surface area contributed by atoms with Crippen molar-refractivity contribution in [3.63, 3.8) is 0 Å². The van der Waals surface area contributed by atoms with Crippen molar-refractivity contribution in [2.75, 3.05) is 11.4 Å². The third kappa shape index (κ3) is 3.22. The van der Waals surface area contributed by atoms with Gasteiger partial charge in [0.25, 0.3) is 0 Å². The van der Waals surface area contributed by atoms with Crippen LogP contribution in [0.15, 0.2) is 18.2 Å². The third-order valence-electron chi connectivity index (χ3n) is 3.10. The normalized spacial score (nSPS) is 12.2. The Hall–Kier alpha value is -1.51. The van der Waals surface area contributed by atoms with Crippen molar-refractivity contribution in [2.45, 2.75) is 40.2 Å². The maximum absolute atomic E-state index is 11.0. The minimum atomic E-state index is -0.248. The number of para-hydroxylation sites is 1. The average Bonchev–Trinajstić information content (AvgIpc) is 2.22. The van der Waals surface area contributed by atoms with Gasteiger partial charge in [0.15, 0.2) is 0 Å². The number of aryl methyl sites for hydroxylation is 2. The molecule has 3 heteroatoms. The van der Waals surface area contributed by atoms with E-state index in [1.165, 1.54) is 16.8 Å². The molecule has 0 saturated carbocycles. The fourth-order valence-electron chi connectivity index (χ4n) is 2.35. The van der Waals surface area contributed by atoms with E-state index in [0.717, 1.165) is 6.54 Å². The van der Waals surface area contributed by atoms with Gasteiger partial charge in [-0.15, -0.1) is 0 Å². The Morgan fingerprint density at radius 1 is 1.35 bits per heavy atom. The van der Waals surface area contributed by atoms with E-state index in [1.807, 2.05) is 6.92 Å². The Labute approximate surface area is 104 Å². The van der Waals surface area contributed by atoms with Crippen LogP contribution in [0.1, 0.15) is 31.4 Å². The van der Waals surface area contributed by atoms with Crippen molar-refractivity contribution < 1.29 is 4.79 Å². The molecule has 17 heavy (non-hydrogen) atoms. The predicted octanol–water partition coefficient (Wildman–Crippen LogP) is 2.39. The highest BCUT2D eigenvalue weighted by atomic mass is 16.1. The lowest BCUT2D eigenvalue weighted by atomic mass is 10.0. The molecule has 0 saturated heterocycles. The van der Waals surface area contributed by atoms with Crippen molar-refractivity contribution in [3.8, 4) is 0 Å². The quantitative estimate of drug-likeness (QED) is 0.850. The van der Waals surface area contributed by atoms with E-state index in [4.69, 9.17) is 5.73 Å². The Morgan fingerprint density at radius 3 is 2.29 bits per heavy atom. The molecule has 1 atom stereocenters. The third-order valence-corrected chi connectivity index (χ3v) is 3.10. The van der Waals surface area contributed by atoms with Gasteiger partial charge in [0.1, 0.15) is 0 Å². The summed E-state index contributed by atoms with van der Waals surface area (Å²) < 4.78 is 0. The van der Waals surface area contributed by atoms with Crippen molar-refractivity contribution in [3.05, 3.63) is 29.3 Å². The van der Waals surface area contributed by atoms with Crippen molar-refractivity contribution >= 4 is 11.6 Å². The van der Waals surface area contributed by atoms with Crippen LogP contribution in [0.2, 0.25) is 0 Å². The summed E-state index contributed by atoms with van der Waals surface area (Å²) in [5, 5.41) is 0. The highest BCUT2D eigenvalue weighted by molar-refractivity contribution is 5.75. The molecule has 1 aromatic rings. The number of carbonyl (C=O) groups is 1. The van der Waals surface area contributed by atoms with Crippen molar-refractivity contribution in [1.29, 1.82) is 0 Å². The van der Waals surface area contributed by atoms with Crippen LogP contribution in [0.3, 0.4) is 0 Å². The molecule has 0 radical (unpaired) electrons. The van der Waals surface area contributed by atoms with Gasteiger partial charge >= 0.3 is 0 Å². The Bertz CT molecular complexity index is 381. The van der Waals surface area contributed by atoms with Gasteiger partial charge in [-0.1, -0.05) is 18.2 Å². The molecule has 1 aromatic carbocycles. The summed E-state index contributed by atoms with van der Waals surface area (Å²) in [6.07, 6.45) is 0.390. The molecule has 0 aliphatic carbocycles. The van der Waals surface area contributed by atoms with Gasteiger partial charge in [-0.2, -0.15) is 0 Å². The second-order valence-electron chi connectivity index (χ2n) is 4.55. The molecule has 2 N–H and O–H groups in total. The van der Waals surface area contributed by atoms with Crippen LogP contribution in [0.5, 0.6) is 0 Å². The zero-order valence-electron chi connectivity index (χ0n) is 11.2. The minimum Gasteiger partial charge on any atom is -0.370 e. The van der Waals surface area contributed by atoms with Crippen LogP contribution in [0.4, 0.5) is 5.69 Å². The van der Waals surface area contributed by atoms with Crippen LogP contribution in [0.25, 0.3) is 0 Å². The monoisotopic (exact) mass is 234 g/mol. The summed E-state index contributed by atoms with van der Waals surface area (Å²) >= 11 is 0. The Balaban J connectivity index is 3.05. The number of benzene rings is 1. The summed E-state index contributed by atoms with van der Waals surface area (Å²) in [6, 6.07) is 6.39. The van der Waals surface area contributed by atoms with E-state index in [2.05, 4.69) is 43.9 Å². The smallest absolute Gasteiger partial charge is 0.219 e. The van der Waals surface area contributed by atoms with E-state index >= 15 is 0 Å². The first kappa shape index (κ1) is 13.6. The van der Waals surface area contributed by atoms with Crippen LogP contribution < -0.4 is 10.6 Å². The van der Waals surface area contributed by atoms with Gasteiger partial charge in [-0.3, -0.25) is 4.79 Å². The number of anilines is 1. The van der Waals surface area contributed by atoms with Crippen LogP contribution in [-0.4, -0.2) is 18.5 Å². The Kier molecular flexibility index (Phi) is 4.55. The van der Waals surface area contributed by atoms with Gasteiger partial charge in [0, 0.05) is 24.7 Å². The lowest BCUT2D eigenvalue weighted by molar-refractivity contribution is -0.118. The number of rotatable bonds is 5. The van der Waals surface area contributed by atoms with E-state index in [-0.39, 0.29) is 11.9 Å². The number of primary amides is 1. The molecule has 0 aliphatic heterocycles. The van der Waals surface area contributed by atoms with Crippen LogP contribution in [0, 0.1) is 13.8 Å². The molecule has 0 bridgehead atoms. The predicted molar refractivity (Wildman–Crippen MR) is 72.2 cm³/mol. The van der Waals surface area contributed by atoms with Crippen molar-refractivity contribution in [2.24, 2.45) is 5.73 Å². The van der Waals surface area contributed by atoms with E-state index in [9.17, 15) is 4.79 Å². The maximum Gasteiger partial charge on any atom is 0.219 e. The maximum atomic E-state index is 11.0. The molecule has 0 spiro atoms. The summed E-state index contributed by atoms with van der Waals surface area (Å²) in [5.41, 5.74) is 8.98. The number of hydrogen-bond acceptors (Lipinski definition) is 2. The zero-order valence-corrected chi connectivity index (χ0v) is 11.2. The van der Waals surface area contributed by atoms with Crippen LogP contribution in [-0.2, 0) is 4.79 Å². The lowest BCUT2D eigenvalue weighted by Crippen LogP contribution is -2.37. The summed E-state index contributed by atoms with van der Waals surface area (Å²) in [4.78, 5) is 13.3.